The molecule has 0 radical (unpaired) electrons. The van der Waals surface area contributed by atoms with Gasteiger partial charge in [-0.3, -0.25) is 4.99 Å². The van der Waals surface area contributed by atoms with Crippen molar-refractivity contribution in [1.82, 2.24) is 10.5 Å². The van der Waals surface area contributed by atoms with Crippen LogP contribution in [-0.2, 0) is 6.54 Å². The molecule has 0 fully saturated rings. The van der Waals surface area contributed by atoms with E-state index in [1.165, 1.54) is 0 Å². The minimum absolute atomic E-state index is 0.592. The molecular formula is C9H13N3OS. The Bertz CT molecular complexity index is 348. The number of hydrogen-bond donors (Lipinski definition) is 1. The smallest absolute Gasteiger partial charge is 0.157 e. The molecule has 5 heteroatoms. The zero-order valence-electron chi connectivity index (χ0n) is 8.28. The Morgan fingerprint density at radius 3 is 3.14 bits per heavy atom. The van der Waals surface area contributed by atoms with E-state index >= 15 is 0 Å². The average Bonchev–Trinajstić information content (AvgIpc) is 2.72. The maximum atomic E-state index is 5.07. The highest BCUT2D eigenvalue weighted by Crippen LogP contribution is 2.18. The number of nitrogens with one attached hydrogen (secondary N) is 1. The molecule has 1 N–H and O–H groups in total. The highest BCUT2D eigenvalue weighted by Gasteiger charge is 2.14. The van der Waals surface area contributed by atoms with Crippen LogP contribution < -0.4 is 5.32 Å². The van der Waals surface area contributed by atoms with E-state index in [4.69, 9.17) is 4.52 Å². The van der Waals surface area contributed by atoms with Crippen LogP contribution in [0.1, 0.15) is 18.4 Å². The molecular weight excluding hydrogens is 198 g/mol. The van der Waals surface area contributed by atoms with Crippen molar-refractivity contribution in [1.29, 1.82) is 0 Å². The Labute approximate surface area is 87.1 Å². The third kappa shape index (κ3) is 2.29. The molecule has 0 saturated carbocycles. The van der Waals surface area contributed by atoms with Gasteiger partial charge in [-0.05, 0) is 6.92 Å². The van der Waals surface area contributed by atoms with Gasteiger partial charge in [0.1, 0.15) is 0 Å². The molecule has 4 nitrogen and oxygen atoms in total. The molecule has 1 aliphatic heterocycles. The summed E-state index contributed by atoms with van der Waals surface area (Å²) in [5, 5.41) is 8.63. The Kier molecular flexibility index (Phi) is 2.77. The molecule has 0 spiro atoms. The second-order valence-electron chi connectivity index (χ2n) is 3.36. The quantitative estimate of drug-likeness (QED) is 0.806. The maximum Gasteiger partial charge on any atom is 0.157 e. The molecule has 0 aliphatic carbocycles. The Morgan fingerprint density at radius 1 is 1.71 bits per heavy atom. The topological polar surface area (TPSA) is 50.4 Å². The van der Waals surface area contributed by atoms with Gasteiger partial charge in [0, 0.05) is 11.3 Å². The van der Waals surface area contributed by atoms with Crippen LogP contribution in [-0.4, -0.2) is 22.1 Å². The summed E-state index contributed by atoms with van der Waals surface area (Å²) in [4.78, 5) is 4.35. The molecule has 1 aromatic heterocycles. The van der Waals surface area contributed by atoms with E-state index in [-0.39, 0.29) is 0 Å². The number of aromatic nitrogens is 1. The van der Waals surface area contributed by atoms with Crippen molar-refractivity contribution in [3.05, 3.63) is 17.5 Å². The SMILES string of the molecule is Cc1cc(CNC2=NCC(C)S2)on1. The van der Waals surface area contributed by atoms with Gasteiger partial charge in [-0.15, -0.1) is 0 Å². The Morgan fingerprint density at radius 2 is 2.57 bits per heavy atom. The summed E-state index contributed by atoms with van der Waals surface area (Å²) in [6.45, 7) is 5.65. The normalized spacial score (nSPS) is 21.0. The molecule has 0 aromatic carbocycles. The second-order valence-corrected chi connectivity index (χ2v) is 4.79. The minimum atomic E-state index is 0.592. The largest absolute Gasteiger partial charge is 0.359 e. The van der Waals surface area contributed by atoms with Crippen molar-refractivity contribution >= 4 is 16.9 Å². The first-order valence-electron chi connectivity index (χ1n) is 4.61. The molecule has 2 rings (SSSR count). The summed E-state index contributed by atoms with van der Waals surface area (Å²) in [5.41, 5.74) is 0.913. The summed E-state index contributed by atoms with van der Waals surface area (Å²) < 4.78 is 5.07. The van der Waals surface area contributed by atoms with Crippen LogP contribution >= 0.6 is 11.8 Å². The van der Waals surface area contributed by atoms with E-state index in [2.05, 4.69) is 22.4 Å². The summed E-state index contributed by atoms with van der Waals surface area (Å²) in [7, 11) is 0. The first kappa shape index (κ1) is 9.58. The first-order chi connectivity index (χ1) is 6.74. The fourth-order valence-corrected chi connectivity index (χ4v) is 2.07. The van der Waals surface area contributed by atoms with Crippen LogP contribution in [0.2, 0.25) is 0 Å². The summed E-state index contributed by atoms with van der Waals surface area (Å²) in [5.74, 6) is 0.852. The number of aliphatic imine (C=N–C) groups is 1. The lowest BCUT2D eigenvalue weighted by molar-refractivity contribution is 0.377. The summed E-state index contributed by atoms with van der Waals surface area (Å²) in [6.07, 6.45) is 0. The molecule has 0 amide bonds. The summed E-state index contributed by atoms with van der Waals surface area (Å²) in [6, 6.07) is 1.93. The number of hydrogen-bond acceptors (Lipinski definition) is 5. The minimum Gasteiger partial charge on any atom is -0.359 e. The molecule has 1 aliphatic rings. The van der Waals surface area contributed by atoms with Crippen LogP contribution in [0.15, 0.2) is 15.6 Å². The third-order valence-corrected chi connectivity index (χ3v) is 2.94. The van der Waals surface area contributed by atoms with Crippen molar-refractivity contribution in [3.8, 4) is 0 Å². The predicted octanol–water partition coefficient (Wildman–Crippen LogP) is 1.56. The van der Waals surface area contributed by atoms with E-state index in [1.807, 2.05) is 13.0 Å². The average molecular weight is 211 g/mol. The highest BCUT2D eigenvalue weighted by molar-refractivity contribution is 8.14. The van der Waals surface area contributed by atoms with Crippen molar-refractivity contribution in [2.45, 2.75) is 25.6 Å². The van der Waals surface area contributed by atoms with Gasteiger partial charge in [-0.25, -0.2) is 0 Å². The molecule has 2 heterocycles. The number of amidine groups is 1. The number of rotatable bonds is 2. The molecule has 0 bridgehead atoms. The fourth-order valence-electron chi connectivity index (χ4n) is 1.24. The van der Waals surface area contributed by atoms with Crippen LogP contribution in [0.25, 0.3) is 0 Å². The summed E-state index contributed by atoms with van der Waals surface area (Å²) >= 11 is 1.77. The number of thioether (sulfide) groups is 1. The zero-order valence-corrected chi connectivity index (χ0v) is 9.10. The second kappa shape index (κ2) is 4.04. The van der Waals surface area contributed by atoms with Gasteiger partial charge in [0.2, 0.25) is 0 Å². The van der Waals surface area contributed by atoms with Gasteiger partial charge >= 0.3 is 0 Å². The molecule has 1 aromatic rings. The van der Waals surface area contributed by atoms with Crippen LogP contribution in [0.3, 0.4) is 0 Å². The Hall–Kier alpha value is -0.970. The standard InChI is InChI=1S/C9H13N3OS/c1-6-3-8(13-12-6)5-11-9-10-4-7(2)14-9/h3,7H,4-5H2,1-2H3,(H,10,11). The first-order valence-corrected chi connectivity index (χ1v) is 5.49. The van der Waals surface area contributed by atoms with Gasteiger partial charge in [0.25, 0.3) is 0 Å². The lowest BCUT2D eigenvalue weighted by atomic mass is 10.4. The maximum absolute atomic E-state index is 5.07. The van der Waals surface area contributed by atoms with Crippen molar-refractivity contribution in [2.75, 3.05) is 6.54 Å². The zero-order chi connectivity index (χ0) is 9.97. The van der Waals surface area contributed by atoms with Gasteiger partial charge in [-0.2, -0.15) is 0 Å². The van der Waals surface area contributed by atoms with E-state index in [9.17, 15) is 0 Å². The van der Waals surface area contributed by atoms with Crippen molar-refractivity contribution < 1.29 is 4.52 Å². The Balaban J connectivity index is 1.83. The lowest BCUT2D eigenvalue weighted by Crippen LogP contribution is -2.18. The van der Waals surface area contributed by atoms with E-state index in [1.54, 1.807) is 11.8 Å². The molecule has 14 heavy (non-hydrogen) atoms. The number of aryl methyl sites for hydroxylation is 1. The molecule has 1 unspecified atom stereocenters. The van der Waals surface area contributed by atoms with Crippen LogP contribution in [0.4, 0.5) is 0 Å². The van der Waals surface area contributed by atoms with Crippen molar-refractivity contribution in [3.63, 3.8) is 0 Å². The van der Waals surface area contributed by atoms with Gasteiger partial charge in [0.15, 0.2) is 10.9 Å². The van der Waals surface area contributed by atoms with E-state index < -0.39 is 0 Å². The predicted molar refractivity (Wildman–Crippen MR) is 57.4 cm³/mol. The van der Waals surface area contributed by atoms with Crippen molar-refractivity contribution in [2.24, 2.45) is 4.99 Å². The van der Waals surface area contributed by atoms with Gasteiger partial charge < -0.3 is 9.84 Å². The highest BCUT2D eigenvalue weighted by atomic mass is 32.2. The van der Waals surface area contributed by atoms with Gasteiger partial charge in [0.05, 0.1) is 18.8 Å². The monoisotopic (exact) mass is 211 g/mol. The van der Waals surface area contributed by atoms with Crippen LogP contribution in [0, 0.1) is 6.92 Å². The third-order valence-electron chi connectivity index (χ3n) is 1.90. The van der Waals surface area contributed by atoms with E-state index in [0.29, 0.717) is 11.8 Å². The lowest BCUT2D eigenvalue weighted by Gasteiger charge is -2.02. The fraction of sp³-hybridized carbons (Fsp3) is 0.556. The molecule has 0 saturated heterocycles. The molecule has 1 atom stereocenters. The van der Waals surface area contributed by atoms with Gasteiger partial charge in [-0.1, -0.05) is 23.8 Å². The molecule has 76 valence electrons. The van der Waals surface area contributed by atoms with Crippen LogP contribution in [0.5, 0.6) is 0 Å². The number of nitrogens with zero attached hydrogens (tertiary/aromatic N) is 2. The van der Waals surface area contributed by atoms with E-state index in [0.717, 1.165) is 23.2 Å².